The van der Waals surface area contributed by atoms with Gasteiger partial charge in [-0.05, 0) is 43.3 Å². The maximum atomic E-state index is 13.3. The maximum absolute atomic E-state index is 13.3. The van der Waals surface area contributed by atoms with Crippen LogP contribution in [-0.2, 0) is 4.79 Å². The number of hydrazone groups is 1. The number of aromatic nitrogens is 2. The van der Waals surface area contributed by atoms with Gasteiger partial charge in [0.05, 0.1) is 42.8 Å². The molecular weight excluding hydrogens is 464 g/mol. The van der Waals surface area contributed by atoms with E-state index in [0.717, 1.165) is 17.3 Å². The van der Waals surface area contributed by atoms with Gasteiger partial charge in [0.15, 0.2) is 16.7 Å². The molecule has 1 N–H and O–H groups in total. The molecule has 0 aliphatic heterocycles. The van der Waals surface area contributed by atoms with E-state index in [-0.39, 0.29) is 17.2 Å². The minimum atomic E-state index is -0.342. The van der Waals surface area contributed by atoms with Crippen LogP contribution in [-0.4, -0.2) is 41.6 Å². The number of hydrogen-bond acceptors (Lipinski definition) is 7. The predicted octanol–water partition coefficient (Wildman–Crippen LogP) is 3.95. The molecule has 0 saturated heterocycles. The number of hydrogen-bond donors (Lipinski definition) is 1. The number of methoxy groups -OCH3 is 2. The van der Waals surface area contributed by atoms with Crippen molar-refractivity contribution in [3.05, 3.63) is 88.2 Å². The molecule has 1 heterocycles. The molecule has 3 aromatic carbocycles. The average Bonchev–Trinajstić information content (AvgIpc) is 2.88. The molecule has 1 amide bonds. The highest BCUT2D eigenvalue weighted by Gasteiger charge is 2.15. The third-order valence-electron chi connectivity index (χ3n) is 5.20. The zero-order valence-corrected chi connectivity index (χ0v) is 20.3. The molecule has 0 atom stereocenters. The summed E-state index contributed by atoms with van der Waals surface area (Å²) < 4.78 is 12.2. The van der Waals surface area contributed by atoms with Crippen molar-refractivity contribution in [2.75, 3.05) is 20.0 Å². The minimum absolute atomic E-state index is 0.0171. The Morgan fingerprint density at radius 3 is 2.57 bits per heavy atom. The third kappa shape index (κ3) is 5.36. The number of carbonyl (C=O) groups is 1. The summed E-state index contributed by atoms with van der Waals surface area (Å²) in [6.07, 6.45) is 1.49. The van der Waals surface area contributed by atoms with E-state index in [0.29, 0.717) is 38.8 Å². The largest absolute Gasteiger partial charge is 0.493 e. The van der Waals surface area contributed by atoms with Crippen LogP contribution in [0.4, 0.5) is 0 Å². The lowest BCUT2D eigenvalue weighted by atomic mass is 10.2. The smallest absolute Gasteiger partial charge is 0.266 e. The van der Waals surface area contributed by atoms with Crippen molar-refractivity contribution in [3.63, 3.8) is 0 Å². The number of thioether (sulfide) groups is 1. The molecule has 0 saturated carbocycles. The molecule has 0 radical (unpaired) electrons. The molecule has 0 fully saturated rings. The number of ether oxygens (including phenoxy) is 2. The second-order valence-corrected chi connectivity index (χ2v) is 8.49. The topological polar surface area (TPSA) is 94.8 Å². The van der Waals surface area contributed by atoms with Crippen molar-refractivity contribution in [1.82, 2.24) is 15.0 Å². The van der Waals surface area contributed by atoms with Crippen LogP contribution in [0.3, 0.4) is 0 Å². The van der Waals surface area contributed by atoms with Crippen LogP contribution < -0.4 is 20.5 Å². The predicted molar refractivity (Wildman–Crippen MR) is 138 cm³/mol. The van der Waals surface area contributed by atoms with Crippen LogP contribution in [0.2, 0.25) is 0 Å². The van der Waals surface area contributed by atoms with E-state index in [2.05, 4.69) is 15.5 Å². The van der Waals surface area contributed by atoms with Crippen LogP contribution in [0, 0.1) is 6.92 Å². The summed E-state index contributed by atoms with van der Waals surface area (Å²) in [6.45, 7) is 1.98. The number of nitrogens with zero attached hydrogens (tertiary/aromatic N) is 3. The van der Waals surface area contributed by atoms with Gasteiger partial charge in [-0.15, -0.1) is 0 Å². The van der Waals surface area contributed by atoms with Crippen LogP contribution >= 0.6 is 11.8 Å². The van der Waals surface area contributed by atoms with Crippen LogP contribution in [0.15, 0.2) is 81.8 Å². The zero-order valence-electron chi connectivity index (χ0n) is 19.5. The fourth-order valence-corrected chi connectivity index (χ4v) is 4.29. The van der Waals surface area contributed by atoms with E-state index in [1.165, 1.54) is 17.9 Å². The van der Waals surface area contributed by atoms with Crippen LogP contribution in [0.5, 0.6) is 11.5 Å². The number of aryl methyl sites for hydroxylation is 1. The zero-order chi connectivity index (χ0) is 24.8. The van der Waals surface area contributed by atoms with Gasteiger partial charge in [-0.3, -0.25) is 14.2 Å². The van der Waals surface area contributed by atoms with Gasteiger partial charge in [-0.25, -0.2) is 10.4 Å². The third-order valence-corrected chi connectivity index (χ3v) is 6.13. The van der Waals surface area contributed by atoms with E-state index >= 15 is 0 Å². The molecule has 0 bridgehead atoms. The van der Waals surface area contributed by atoms with Gasteiger partial charge in [0, 0.05) is 5.56 Å². The second-order valence-electron chi connectivity index (χ2n) is 7.55. The maximum Gasteiger partial charge on any atom is 0.266 e. The first-order valence-electron chi connectivity index (χ1n) is 10.8. The van der Waals surface area contributed by atoms with Crippen molar-refractivity contribution >= 4 is 34.8 Å². The molecule has 0 spiro atoms. The summed E-state index contributed by atoms with van der Waals surface area (Å²) in [5.41, 5.74) is 5.31. The standard InChI is InChI=1S/C26H24N4O4S/c1-17-11-13-19(14-12-17)30-25(32)20-8-4-5-9-21(20)28-26(30)35-16-23(31)29-27-15-18-7-6-10-22(33-2)24(18)34-3/h4-15H,16H2,1-3H3,(H,29,31)/b27-15-. The van der Waals surface area contributed by atoms with E-state index in [4.69, 9.17) is 9.47 Å². The Balaban J connectivity index is 1.55. The van der Waals surface area contributed by atoms with Gasteiger partial charge >= 0.3 is 0 Å². The highest BCUT2D eigenvalue weighted by Crippen LogP contribution is 2.29. The minimum Gasteiger partial charge on any atom is -0.493 e. The Kier molecular flexibility index (Phi) is 7.47. The number of amides is 1. The summed E-state index contributed by atoms with van der Waals surface area (Å²) in [6, 6.07) is 20.1. The molecule has 8 nitrogen and oxygen atoms in total. The molecule has 0 aliphatic carbocycles. The normalized spacial score (nSPS) is 11.1. The summed E-state index contributed by atoms with van der Waals surface area (Å²) >= 11 is 1.16. The summed E-state index contributed by atoms with van der Waals surface area (Å²) in [7, 11) is 3.09. The molecule has 4 aromatic rings. The quantitative estimate of drug-likeness (QED) is 0.175. The van der Waals surface area contributed by atoms with Gasteiger partial charge in [-0.2, -0.15) is 5.10 Å². The summed E-state index contributed by atoms with van der Waals surface area (Å²) in [5, 5.41) is 4.97. The van der Waals surface area contributed by atoms with Crippen LogP contribution in [0.1, 0.15) is 11.1 Å². The van der Waals surface area contributed by atoms with Crippen LogP contribution in [0.25, 0.3) is 16.6 Å². The van der Waals surface area contributed by atoms with Crippen molar-refractivity contribution < 1.29 is 14.3 Å². The van der Waals surface area contributed by atoms with E-state index < -0.39 is 0 Å². The number of benzene rings is 3. The van der Waals surface area contributed by atoms with Crippen molar-refractivity contribution in [2.45, 2.75) is 12.1 Å². The van der Waals surface area contributed by atoms with Gasteiger partial charge < -0.3 is 9.47 Å². The Labute approximate surface area is 206 Å². The lowest BCUT2D eigenvalue weighted by molar-refractivity contribution is -0.118. The molecule has 4 rings (SSSR count). The average molecular weight is 489 g/mol. The van der Waals surface area contributed by atoms with E-state index in [1.54, 1.807) is 43.5 Å². The second kappa shape index (κ2) is 10.9. The number of fused-ring (bicyclic) bond motifs is 1. The molecule has 0 unspecified atom stereocenters. The molecule has 9 heteroatoms. The van der Waals surface area contributed by atoms with Gasteiger partial charge in [0.2, 0.25) is 0 Å². The SMILES string of the molecule is COc1cccc(/C=N\NC(=O)CSc2nc3ccccc3c(=O)n2-c2ccc(C)cc2)c1OC. The number of rotatable bonds is 8. The number of carbonyl (C=O) groups excluding carboxylic acids is 1. The first-order valence-corrected chi connectivity index (χ1v) is 11.7. The van der Waals surface area contributed by atoms with E-state index in [1.807, 2.05) is 37.3 Å². The number of para-hydroxylation sites is 2. The lowest BCUT2D eigenvalue weighted by Gasteiger charge is -2.13. The molecule has 1 aromatic heterocycles. The fourth-order valence-electron chi connectivity index (χ4n) is 3.48. The Morgan fingerprint density at radius 2 is 1.83 bits per heavy atom. The fraction of sp³-hybridized carbons (Fsp3) is 0.154. The molecular formula is C26H24N4O4S. The Bertz CT molecular complexity index is 1450. The van der Waals surface area contributed by atoms with Crippen molar-refractivity contribution in [2.24, 2.45) is 5.10 Å². The summed E-state index contributed by atoms with van der Waals surface area (Å²) in [5.74, 6) is 0.758. The van der Waals surface area contributed by atoms with Crippen molar-refractivity contribution in [3.8, 4) is 17.2 Å². The van der Waals surface area contributed by atoms with Gasteiger partial charge in [-0.1, -0.05) is 47.7 Å². The first kappa shape index (κ1) is 24.0. The monoisotopic (exact) mass is 488 g/mol. The first-order chi connectivity index (χ1) is 17.0. The highest BCUT2D eigenvalue weighted by atomic mass is 32.2. The van der Waals surface area contributed by atoms with E-state index in [9.17, 15) is 9.59 Å². The summed E-state index contributed by atoms with van der Waals surface area (Å²) in [4.78, 5) is 30.4. The van der Waals surface area contributed by atoms with Gasteiger partial charge in [0.1, 0.15) is 0 Å². The lowest BCUT2D eigenvalue weighted by Crippen LogP contribution is -2.24. The van der Waals surface area contributed by atoms with Gasteiger partial charge in [0.25, 0.3) is 11.5 Å². The van der Waals surface area contributed by atoms with Crippen molar-refractivity contribution in [1.29, 1.82) is 0 Å². The molecule has 0 aliphatic rings. The highest BCUT2D eigenvalue weighted by molar-refractivity contribution is 7.99. The molecule has 35 heavy (non-hydrogen) atoms. The Morgan fingerprint density at radius 1 is 1.06 bits per heavy atom. The molecule has 178 valence electrons. The number of nitrogens with one attached hydrogen (secondary N) is 1. The Hall–Kier alpha value is -4.11.